The molecular weight excluding hydrogens is 154 g/mol. The van der Waals surface area contributed by atoms with Crippen molar-refractivity contribution in [1.82, 2.24) is 16.0 Å². The van der Waals surface area contributed by atoms with E-state index in [1.54, 1.807) is 7.05 Å². The van der Waals surface area contributed by atoms with Gasteiger partial charge in [-0.1, -0.05) is 0 Å². The summed E-state index contributed by atoms with van der Waals surface area (Å²) in [7, 11) is 1.63. The van der Waals surface area contributed by atoms with Crippen LogP contribution >= 0.6 is 0 Å². The number of carbonyl (C=O) groups excluding carboxylic acids is 1. The molecular formula is C8H17N3O. The van der Waals surface area contributed by atoms with Crippen LogP contribution in [0.4, 0.5) is 4.79 Å². The molecule has 1 rings (SSSR count). The molecule has 0 bridgehead atoms. The van der Waals surface area contributed by atoms with Gasteiger partial charge in [0.25, 0.3) is 0 Å². The minimum absolute atomic E-state index is 0.0824. The lowest BCUT2D eigenvalue weighted by atomic mass is 10.1. The Morgan fingerprint density at radius 2 is 2.50 bits per heavy atom. The van der Waals surface area contributed by atoms with Gasteiger partial charge in [0, 0.05) is 13.6 Å². The number of urea groups is 1. The van der Waals surface area contributed by atoms with E-state index >= 15 is 0 Å². The van der Waals surface area contributed by atoms with Crippen LogP contribution in [0.1, 0.15) is 12.8 Å². The molecule has 0 saturated carbocycles. The third-order valence-corrected chi connectivity index (χ3v) is 2.23. The van der Waals surface area contributed by atoms with Gasteiger partial charge in [0.05, 0.1) is 0 Å². The van der Waals surface area contributed by atoms with Gasteiger partial charge >= 0.3 is 6.03 Å². The largest absolute Gasteiger partial charge is 0.341 e. The van der Waals surface area contributed by atoms with E-state index in [4.69, 9.17) is 0 Å². The predicted octanol–water partition coefficient (Wildman–Crippen LogP) is -0.0850. The highest BCUT2D eigenvalue weighted by molar-refractivity contribution is 5.73. The maximum atomic E-state index is 10.7. The first-order chi connectivity index (χ1) is 5.83. The van der Waals surface area contributed by atoms with Crippen molar-refractivity contribution in [3.63, 3.8) is 0 Å². The van der Waals surface area contributed by atoms with Gasteiger partial charge in [-0.15, -0.1) is 0 Å². The van der Waals surface area contributed by atoms with Crippen molar-refractivity contribution < 1.29 is 4.79 Å². The van der Waals surface area contributed by atoms with Crippen LogP contribution in [0.15, 0.2) is 0 Å². The Morgan fingerprint density at radius 3 is 3.08 bits per heavy atom. The highest BCUT2D eigenvalue weighted by atomic mass is 16.2. The molecule has 3 N–H and O–H groups in total. The second kappa shape index (κ2) is 4.98. The molecule has 1 unspecified atom stereocenters. The fourth-order valence-electron chi connectivity index (χ4n) is 1.44. The first kappa shape index (κ1) is 9.32. The number of hydrogen-bond acceptors (Lipinski definition) is 2. The molecule has 1 atom stereocenters. The Hall–Kier alpha value is -0.770. The topological polar surface area (TPSA) is 53.2 Å². The summed E-state index contributed by atoms with van der Waals surface area (Å²) in [5, 5.41) is 8.60. The Bertz CT molecular complexity index is 143. The van der Waals surface area contributed by atoms with Gasteiger partial charge in [-0.25, -0.2) is 4.79 Å². The molecule has 0 radical (unpaired) electrons. The highest BCUT2D eigenvalue weighted by Crippen LogP contribution is 2.10. The fraction of sp³-hybridized carbons (Fsp3) is 0.875. The Kier molecular flexibility index (Phi) is 3.87. The molecule has 4 heteroatoms. The summed E-state index contributed by atoms with van der Waals surface area (Å²) < 4.78 is 0. The molecule has 0 aromatic rings. The van der Waals surface area contributed by atoms with Crippen LogP contribution < -0.4 is 16.0 Å². The van der Waals surface area contributed by atoms with Crippen molar-refractivity contribution in [2.24, 2.45) is 5.92 Å². The summed E-state index contributed by atoms with van der Waals surface area (Å²) in [6.07, 6.45) is 2.33. The molecule has 0 aliphatic carbocycles. The van der Waals surface area contributed by atoms with Crippen molar-refractivity contribution >= 4 is 6.03 Å². The van der Waals surface area contributed by atoms with Crippen LogP contribution in [0.2, 0.25) is 0 Å². The van der Waals surface area contributed by atoms with E-state index in [2.05, 4.69) is 16.0 Å². The molecule has 0 aromatic carbocycles. The number of amides is 2. The van der Waals surface area contributed by atoms with Gasteiger partial charge in [-0.3, -0.25) is 0 Å². The number of rotatable bonds is 3. The summed E-state index contributed by atoms with van der Waals surface area (Å²) in [4.78, 5) is 10.7. The summed E-state index contributed by atoms with van der Waals surface area (Å²) in [6.45, 7) is 3.02. The normalized spacial score (nSPS) is 22.2. The summed E-state index contributed by atoms with van der Waals surface area (Å²) in [5.74, 6) is 0.752. The van der Waals surface area contributed by atoms with Crippen LogP contribution in [0.5, 0.6) is 0 Å². The van der Waals surface area contributed by atoms with E-state index in [-0.39, 0.29) is 6.03 Å². The third-order valence-electron chi connectivity index (χ3n) is 2.23. The van der Waals surface area contributed by atoms with Gasteiger partial charge < -0.3 is 16.0 Å². The monoisotopic (exact) mass is 171 g/mol. The molecule has 1 aliphatic heterocycles. The molecule has 0 aromatic heterocycles. The van der Waals surface area contributed by atoms with E-state index in [9.17, 15) is 4.79 Å². The second-order valence-corrected chi connectivity index (χ2v) is 3.15. The molecule has 1 aliphatic rings. The van der Waals surface area contributed by atoms with Crippen molar-refractivity contribution in [1.29, 1.82) is 0 Å². The average Bonchev–Trinajstić information content (AvgIpc) is 2.57. The lowest BCUT2D eigenvalue weighted by Gasteiger charge is -2.08. The minimum Gasteiger partial charge on any atom is -0.341 e. The SMILES string of the molecule is CNC(=O)NCCC1CCNC1. The first-order valence-corrected chi connectivity index (χ1v) is 4.49. The van der Waals surface area contributed by atoms with Gasteiger partial charge in [-0.05, 0) is 31.8 Å². The van der Waals surface area contributed by atoms with Crippen molar-refractivity contribution in [3.05, 3.63) is 0 Å². The third kappa shape index (κ3) is 3.09. The molecule has 12 heavy (non-hydrogen) atoms. The standard InChI is InChI=1S/C8H17N3O/c1-9-8(12)11-5-3-7-2-4-10-6-7/h7,10H,2-6H2,1H3,(H2,9,11,12). The Balaban J connectivity index is 1.97. The fourth-order valence-corrected chi connectivity index (χ4v) is 1.44. The van der Waals surface area contributed by atoms with E-state index in [0.717, 1.165) is 32.0 Å². The highest BCUT2D eigenvalue weighted by Gasteiger charge is 2.13. The molecule has 1 fully saturated rings. The smallest absolute Gasteiger partial charge is 0.314 e. The summed E-state index contributed by atoms with van der Waals surface area (Å²) >= 11 is 0. The van der Waals surface area contributed by atoms with E-state index in [1.807, 2.05) is 0 Å². The van der Waals surface area contributed by atoms with E-state index in [0.29, 0.717) is 0 Å². The van der Waals surface area contributed by atoms with Gasteiger partial charge in [-0.2, -0.15) is 0 Å². The lowest BCUT2D eigenvalue weighted by Crippen LogP contribution is -2.34. The number of hydrogen-bond donors (Lipinski definition) is 3. The molecule has 1 heterocycles. The maximum Gasteiger partial charge on any atom is 0.314 e. The maximum absolute atomic E-state index is 10.7. The number of carbonyl (C=O) groups is 1. The Labute approximate surface area is 73.1 Å². The van der Waals surface area contributed by atoms with Gasteiger partial charge in [0.2, 0.25) is 0 Å². The van der Waals surface area contributed by atoms with Crippen molar-refractivity contribution in [3.8, 4) is 0 Å². The van der Waals surface area contributed by atoms with E-state index in [1.165, 1.54) is 6.42 Å². The summed E-state index contributed by atoms with van der Waals surface area (Å²) in [6, 6.07) is -0.0824. The molecule has 70 valence electrons. The molecule has 4 nitrogen and oxygen atoms in total. The average molecular weight is 171 g/mol. The van der Waals surface area contributed by atoms with E-state index < -0.39 is 0 Å². The zero-order valence-corrected chi connectivity index (χ0v) is 7.52. The van der Waals surface area contributed by atoms with Crippen LogP contribution in [-0.4, -0.2) is 32.7 Å². The van der Waals surface area contributed by atoms with Crippen molar-refractivity contribution in [2.75, 3.05) is 26.7 Å². The zero-order chi connectivity index (χ0) is 8.81. The molecule has 0 spiro atoms. The van der Waals surface area contributed by atoms with Crippen LogP contribution in [-0.2, 0) is 0 Å². The number of nitrogens with one attached hydrogen (secondary N) is 3. The Morgan fingerprint density at radius 1 is 1.67 bits per heavy atom. The van der Waals surface area contributed by atoms with Crippen LogP contribution in [0, 0.1) is 5.92 Å². The predicted molar refractivity (Wildman–Crippen MR) is 48.1 cm³/mol. The van der Waals surface area contributed by atoms with Crippen molar-refractivity contribution in [2.45, 2.75) is 12.8 Å². The van der Waals surface area contributed by atoms with Crippen LogP contribution in [0.3, 0.4) is 0 Å². The second-order valence-electron chi connectivity index (χ2n) is 3.15. The lowest BCUT2D eigenvalue weighted by molar-refractivity contribution is 0.242. The van der Waals surface area contributed by atoms with Gasteiger partial charge in [0.1, 0.15) is 0 Å². The summed E-state index contributed by atoms with van der Waals surface area (Å²) in [5.41, 5.74) is 0. The first-order valence-electron chi connectivity index (χ1n) is 4.49. The minimum atomic E-state index is -0.0824. The van der Waals surface area contributed by atoms with Gasteiger partial charge in [0.15, 0.2) is 0 Å². The zero-order valence-electron chi connectivity index (χ0n) is 7.52. The molecule has 1 saturated heterocycles. The quantitative estimate of drug-likeness (QED) is 0.556. The molecule has 2 amide bonds. The van der Waals surface area contributed by atoms with Crippen LogP contribution in [0.25, 0.3) is 0 Å².